The lowest BCUT2D eigenvalue weighted by Crippen LogP contribution is -2.43. The van der Waals surface area contributed by atoms with Crippen LogP contribution in [0.2, 0.25) is 0 Å². The number of rotatable bonds is 1. The zero-order chi connectivity index (χ0) is 8.01. The molecule has 11 heavy (non-hydrogen) atoms. The Morgan fingerprint density at radius 3 is 2.82 bits per heavy atom. The standard InChI is InChI=1S/C9H16N2/c1-6(2)11-4-7-3-8(7)9(10)5-11/h7-9H,1,3-5,10H2,2H3/t7-,8-,9+/m1/s1. The maximum Gasteiger partial charge on any atom is 0.0329 e. The summed E-state index contributed by atoms with van der Waals surface area (Å²) in [6.45, 7) is 8.23. The third-order valence-corrected chi connectivity index (χ3v) is 2.95. The Morgan fingerprint density at radius 2 is 2.27 bits per heavy atom. The SMILES string of the molecule is C=C(C)N1C[C@H]2C[C@H]2[C@@H](N)C1. The molecule has 0 amide bonds. The first-order valence-electron chi connectivity index (χ1n) is 4.34. The second-order valence-corrected chi connectivity index (χ2v) is 3.96. The van der Waals surface area contributed by atoms with Gasteiger partial charge in [0.1, 0.15) is 0 Å². The third kappa shape index (κ3) is 1.16. The van der Waals surface area contributed by atoms with Crippen LogP contribution < -0.4 is 5.73 Å². The van der Waals surface area contributed by atoms with Crippen molar-refractivity contribution in [1.29, 1.82) is 0 Å². The molecule has 1 aliphatic heterocycles. The first kappa shape index (κ1) is 7.17. The number of likely N-dealkylation sites (tertiary alicyclic amines) is 1. The molecule has 0 bridgehead atoms. The van der Waals surface area contributed by atoms with E-state index >= 15 is 0 Å². The molecular weight excluding hydrogens is 136 g/mol. The highest BCUT2D eigenvalue weighted by Crippen LogP contribution is 2.44. The largest absolute Gasteiger partial charge is 0.374 e. The van der Waals surface area contributed by atoms with Crippen LogP contribution in [0.1, 0.15) is 13.3 Å². The zero-order valence-electron chi connectivity index (χ0n) is 7.09. The van der Waals surface area contributed by atoms with Crippen molar-refractivity contribution in [3.63, 3.8) is 0 Å². The molecule has 0 radical (unpaired) electrons. The van der Waals surface area contributed by atoms with Crippen molar-refractivity contribution in [3.05, 3.63) is 12.3 Å². The Morgan fingerprint density at radius 1 is 1.55 bits per heavy atom. The Labute approximate surface area is 68.1 Å². The molecule has 1 saturated carbocycles. The first-order valence-corrected chi connectivity index (χ1v) is 4.34. The molecule has 2 N–H and O–H groups in total. The van der Waals surface area contributed by atoms with Crippen LogP contribution >= 0.6 is 0 Å². The van der Waals surface area contributed by atoms with Gasteiger partial charge in [-0.05, 0) is 25.2 Å². The summed E-state index contributed by atoms with van der Waals surface area (Å²) in [5, 5.41) is 0. The van der Waals surface area contributed by atoms with Crippen molar-refractivity contribution in [2.75, 3.05) is 13.1 Å². The van der Waals surface area contributed by atoms with Gasteiger partial charge in [-0.2, -0.15) is 0 Å². The average Bonchev–Trinajstić information content (AvgIpc) is 2.66. The van der Waals surface area contributed by atoms with E-state index in [9.17, 15) is 0 Å². The molecular formula is C9H16N2. The highest BCUT2D eigenvalue weighted by atomic mass is 15.2. The normalized spacial score (nSPS) is 41.6. The molecule has 2 heteroatoms. The molecule has 0 aromatic heterocycles. The fourth-order valence-corrected chi connectivity index (χ4v) is 2.06. The van der Waals surface area contributed by atoms with Crippen LogP contribution in [0.15, 0.2) is 12.3 Å². The predicted octanol–water partition coefficient (Wildman–Crippen LogP) is 0.799. The minimum absolute atomic E-state index is 0.408. The van der Waals surface area contributed by atoms with Gasteiger partial charge in [-0.3, -0.25) is 0 Å². The molecule has 2 rings (SSSR count). The zero-order valence-corrected chi connectivity index (χ0v) is 7.09. The summed E-state index contributed by atoms with van der Waals surface area (Å²) >= 11 is 0. The number of hydrogen-bond acceptors (Lipinski definition) is 2. The number of allylic oxidation sites excluding steroid dienone is 1. The summed E-state index contributed by atoms with van der Waals surface area (Å²) in [4.78, 5) is 2.32. The number of nitrogens with zero attached hydrogens (tertiary/aromatic N) is 1. The molecule has 0 aromatic carbocycles. The number of piperidine rings is 1. The van der Waals surface area contributed by atoms with Gasteiger partial charge in [0.15, 0.2) is 0 Å². The lowest BCUT2D eigenvalue weighted by Gasteiger charge is -2.32. The van der Waals surface area contributed by atoms with E-state index in [0.29, 0.717) is 6.04 Å². The summed E-state index contributed by atoms with van der Waals surface area (Å²) in [6, 6.07) is 0.408. The topological polar surface area (TPSA) is 29.3 Å². The summed E-state index contributed by atoms with van der Waals surface area (Å²) < 4.78 is 0. The van der Waals surface area contributed by atoms with Crippen molar-refractivity contribution < 1.29 is 0 Å². The van der Waals surface area contributed by atoms with Gasteiger partial charge in [-0.15, -0.1) is 0 Å². The van der Waals surface area contributed by atoms with E-state index in [4.69, 9.17) is 5.73 Å². The highest BCUT2D eigenvalue weighted by molar-refractivity contribution is 5.05. The Bertz CT molecular complexity index is 188. The van der Waals surface area contributed by atoms with E-state index in [-0.39, 0.29) is 0 Å². The van der Waals surface area contributed by atoms with Crippen LogP contribution in [0.5, 0.6) is 0 Å². The van der Waals surface area contributed by atoms with Gasteiger partial charge in [-0.25, -0.2) is 0 Å². The van der Waals surface area contributed by atoms with Crippen LogP contribution in [0.3, 0.4) is 0 Å². The Kier molecular flexibility index (Phi) is 1.46. The van der Waals surface area contributed by atoms with Crippen molar-refractivity contribution >= 4 is 0 Å². The number of nitrogens with two attached hydrogens (primary N) is 1. The summed E-state index contributed by atoms with van der Waals surface area (Å²) in [6.07, 6.45) is 1.35. The van der Waals surface area contributed by atoms with Crippen molar-refractivity contribution in [2.45, 2.75) is 19.4 Å². The molecule has 3 atom stereocenters. The smallest absolute Gasteiger partial charge is 0.0329 e. The minimum Gasteiger partial charge on any atom is -0.374 e. The molecule has 1 heterocycles. The molecule has 0 unspecified atom stereocenters. The molecule has 0 spiro atoms. The van der Waals surface area contributed by atoms with Crippen molar-refractivity contribution in [1.82, 2.24) is 4.90 Å². The molecule has 0 aromatic rings. The maximum absolute atomic E-state index is 5.97. The van der Waals surface area contributed by atoms with E-state index in [1.165, 1.54) is 18.7 Å². The quantitative estimate of drug-likeness (QED) is 0.602. The van der Waals surface area contributed by atoms with Gasteiger partial charge in [0, 0.05) is 24.8 Å². The van der Waals surface area contributed by atoms with E-state index in [0.717, 1.165) is 18.4 Å². The fourth-order valence-electron chi connectivity index (χ4n) is 2.06. The minimum atomic E-state index is 0.408. The first-order chi connectivity index (χ1) is 5.18. The molecule has 2 nitrogen and oxygen atoms in total. The Hall–Kier alpha value is -0.500. The predicted molar refractivity (Wildman–Crippen MR) is 46.0 cm³/mol. The second kappa shape index (κ2) is 2.24. The lowest BCUT2D eigenvalue weighted by atomic mass is 10.1. The van der Waals surface area contributed by atoms with Crippen LogP contribution in [-0.4, -0.2) is 24.0 Å². The van der Waals surface area contributed by atoms with Gasteiger partial charge in [0.05, 0.1) is 0 Å². The van der Waals surface area contributed by atoms with Gasteiger partial charge in [0.25, 0.3) is 0 Å². The van der Waals surface area contributed by atoms with Crippen LogP contribution in [0.4, 0.5) is 0 Å². The van der Waals surface area contributed by atoms with Gasteiger partial charge >= 0.3 is 0 Å². The summed E-state index contributed by atoms with van der Waals surface area (Å²) in [7, 11) is 0. The monoisotopic (exact) mass is 152 g/mol. The second-order valence-electron chi connectivity index (χ2n) is 3.96. The summed E-state index contributed by atoms with van der Waals surface area (Å²) in [5.74, 6) is 1.72. The van der Waals surface area contributed by atoms with Gasteiger partial charge in [0.2, 0.25) is 0 Å². The lowest BCUT2D eigenvalue weighted by molar-refractivity contribution is 0.250. The Balaban J connectivity index is 2.00. The van der Waals surface area contributed by atoms with Crippen LogP contribution in [-0.2, 0) is 0 Å². The van der Waals surface area contributed by atoms with E-state index in [1.54, 1.807) is 0 Å². The molecule has 2 aliphatic rings. The van der Waals surface area contributed by atoms with Crippen LogP contribution in [0.25, 0.3) is 0 Å². The summed E-state index contributed by atoms with van der Waals surface area (Å²) in [5.41, 5.74) is 7.14. The van der Waals surface area contributed by atoms with E-state index in [2.05, 4.69) is 18.4 Å². The average molecular weight is 152 g/mol. The van der Waals surface area contributed by atoms with Gasteiger partial charge in [-0.1, -0.05) is 6.58 Å². The molecule has 62 valence electrons. The maximum atomic E-state index is 5.97. The highest BCUT2D eigenvalue weighted by Gasteiger charge is 2.46. The van der Waals surface area contributed by atoms with Gasteiger partial charge < -0.3 is 10.6 Å². The molecule has 2 fully saturated rings. The van der Waals surface area contributed by atoms with Crippen molar-refractivity contribution in [3.8, 4) is 0 Å². The van der Waals surface area contributed by atoms with Crippen LogP contribution in [0, 0.1) is 11.8 Å². The third-order valence-electron chi connectivity index (χ3n) is 2.95. The van der Waals surface area contributed by atoms with E-state index in [1.807, 2.05) is 0 Å². The molecule has 1 aliphatic carbocycles. The number of hydrogen-bond donors (Lipinski definition) is 1. The fraction of sp³-hybridized carbons (Fsp3) is 0.778. The van der Waals surface area contributed by atoms with E-state index < -0.39 is 0 Å². The number of fused-ring (bicyclic) bond motifs is 1. The molecule has 1 saturated heterocycles. The van der Waals surface area contributed by atoms with Crippen molar-refractivity contribution in [2.24, 2.45) is 17.6 Å².